The Morgan fingerprint density at radius 3 is 1.55 bits per heavy atom. The Labute approximate surface area is 69.7 Å². The van der Waals surface area contributed by atoms with Crippen molar-refractivity contribution in [1.82, 2.24) is 4.57 Å². The van der Waals surface area contributed by atoms with Crippen LogP contribution in [0.25, 0.3) is 0 Å². The topological polar surface area (TPSA) is 43.7 Å². The zero-order chi connectivity index (χ0) is 8.91. The lowest BCUT2D eigenvalue weighted by molar-refractivity contribution is 0.214. The van der Waals surface area contributed by atoms with Crippen molar-refractivity contribution in [2.24, 2.45) is 0 Å². The number of nitrogens with zero attached hydrogens (tertiary/aromatic N) is 1. The molecule has 0 saturated carbocycles. The summed E-state index contributed by atoms with van der Waals surface area (Å²) < 4.78 is 2.19. The van der Waals surface area contributed by atoms with E-state index in [-0.39, 0.29) is 13.2 Å². The molecule has 68 valence electrons. The third kappa shape index (κ3) is 4.52. The summed E-state index contributed by atoms with van der Waals surface area (Å²) in [6.45, 7) is 8.37. The lowest BCUT2D eigenvalue weighted by Gasteiger charge is -2.32. The Bertz CT molecular complexity index is 97.1. The Morgan fingerprint density at radius 1 is 1.00 bits per heavy atom. The quantitative estimate of drug-likeness (QED) is 0.586. The first-order valence-electron chi connectivity index (χ1n) is 3.99. The molecule has 0 aliphatic heterocycles. The maximum Gasteiger partial charge on any atom is 0.119 e. The molecule has 11 heavy (non-hydrogen) atoms. The molecule has 0 aliphatic rings. The van der Waals surface area contributed by atoms with Gasteiger partial charge >= 0.3 is 0 Å². The second-order valence-electron chi connectivity index (χ2n) is 3.61. The highest BCUT2D eigenvalue weighted by Crippen LogP contribution is 2.07. The van der Waals surface area contributed by atoms with Crippen LogP contribution in [0.1, 0.15) is 0 Å². The molecule has 0 rings (SSSR count). The maximum atomic E-state index is 8.73. The van der Waals surface area contributed by atoms with E-state index in [4.69, 9.17) is 10.2 Å². The minimum Gasteiger partial charge on any atom is -0.395 e. The Morgan fingerprint density at radius 2 is 1.36 bits per heavy atom. The molecule has 0 aromatic rings. The van der Waals surface area contributed by atoms with Crippen molar-refractivity contribution in [2.75, 3.05) is 26.3 Å². The van der Waals surface area contributed by atoms with Crippen LogP contribution in [0.4, 0.5) is 0 Å². The molecule has 0 amide bonds. The molecule has 0 fully saturated rings. The second kappa shape index (κ2) is 4.87. The Balaban J connectivity index is 3.88. The highest BCUT2D eigenvalue weighted by atomic mass is 28.3. The molecular formula is C7H19NO2Si. The van der Waals surface area contributed by atoms with Crippen molar-refractivity contribution in [1.29, 1.82) is 0 Å². The number of rotatable bonds is 5. The highest BCUT2D eigenvalue weighted by molar-refractivity contribution is 6.73. The number of hydrogen-bond acceptors (Lipinski definition) is 3. The largest absolute Gasteiger partial charge is 0.395 e. The molecule has 0 aromatic carbocycles. The summed E-state index contributed by atoms with van der Waals surface area (Å²) in [6.07, 6.45) is 0. The molecule has 2 N–H and O–H groups in total. The average molecular weight is 177 g/mol. The predicted octanol–water partition coefficient (Wildman–Crippen LogP) is 0.108. The van der Waals surface area contributed by atoms with Gasteiger partial charge in [0.1, 0.15) is 8.24 Å². The molecule has 0 saturated heterocycles. The number of aliphatic hydroxyl groups is 2. The molecule has 4 heteroatoms. The third-order valence-electron chi connectivity index (χ3n) is 1.69. The van der Waals surface area contributed by atoms with Crippen molar-refractivity contribution < 1.29 is 10.2 Å². The van der Waals surface area contributed by atoms with Gasteiger partial charge in [0.05, 0.1) is 13.2 Å². The zero-order valence-corrected chi connectivity index (χ0v) is 8.67. The van der Waals surface area contributed by atoms with Gasteiger partial charge in [-0.3, -0.25) is 0 Å². The van der Waals surface area contributed by atoms with Gasteiger partial charge in [-0.05, 0) is 0 Å². The van der Waals surface area contributed by atoms with Gasteiger partial charge in [-0.25, -0.2) is 0 Å². The fourth-order valence-electron chi connectivity index (χ4n) is 1.02. The van der Waals surface area contributed by atoms with Crippen LogP contribution in [0.2, 0.25) is 19.6 Å². The first kappa shape index (κ1) is 11.1. The first-order valence-corrected chi connectivity index (χ1v) is 7.44. The summed E-state index contributed by atoms with van der Waals surface area (Å²) in [6, 6.07) is 0. The van der Waals surface area contributed by atoms with Gasteiger partial charge in [0.2, 0.25) is 0 Å². The lowest BCUT2D eigenvalue weighted by atomic mass is 10.6. The van der Waals surface area contributed by atoms with Crippen molar-refractivity contribution in [3.05, 3.63) is 0 Å². The molecule has 0 spiro atoms. The van der Waals surface area contributed by atoms with Crippen LogP contribution in [0.15, 0.2) is 0 Å². The van der Waals surface area contributed by atoms with Gasteiger partial charge in [-0.15, -0.1) is 0 Å². The van der Waals surface area contributed by atoms with Crippen LogP contribution in [-0.2, 0) is 0 Å². The van der Waals surface area contributed by atoms with E-state index in [1.165, 1.54) is 0 Å². The number of aliphatic hydroxyl groups excluding tert-OH is 2. The molecule has 0 radical (unpaired) electrons. The van der Waals surface area contributed by atoms with Gasteiger partial charge in [-0.1, -0.05) is 19.6 Å². The monoisotopic (exact) mass is 177 g/mol. The average Bonchev–Trinajstić information content (AvgIpc) is 1.85. The van der Waals surface area contributed by atoms with Crippen LogP contribution in [-0.4, -0.2) is 49.3 Å². The van der Waals surface area contributed by atoms with E-state index in [0.717, 1.165) is 0 Å². The van der Waals surface area contributed by atoms with Crippen molar-refractivity contribution >= 4 is 8.24 Å². The summed E-state index contributed by atoms with van der Waals surface area (Å²) in [5.74, 6) is 0. The van der Waals surface area contributed by atoms with Gasteiger partial charge in [-0.2, -0.15) is 0 Å². The fourth-order valence-corrected chi connectivity index (χ4v) is 2.57. The second-order valence-corrected chi connectivity index (χ2v) is 8.58. The van der Waals surface area contributed by atoms with E-state index in [9.17, 15) is 0 Å². The SMILES string of the molecule is C[Si](C)(C)N(CCO)CCO. The highest BCUT2D eigenvalue weighted by Gasteiger charge is 2.22. The van der Waals surface area contributed by atoms with Crippen LogP contribution in [0.5, 0.6) is 0 Å². The van der Waals surface area contributed by atoms with E-state index in [1.54, 1.807) is 0 Å². The maximum absolute atomic E-state index is 8.73. The van der Waals surface area contributed by atoms with Crippen molar-refractivity contribution in [2.45, 2.75) is 19.6 Å². The van der Waals surface area contributed by atoms with E-state index < -0.39 is 8.24 Å². The third-order valence-corrected chi connectivity index (χ3v) is 4.03. The normalized spacial score (nSPS) is 12.5. The van der Waals surface area contributed by atoms with Gasteiger partial charge in [0.15, 0.2) is 0 Å². The Kier molecular flexibility index (Phi) is 4.91. The van der Waals surface area contributed by atoms with E-state index >= 15 is 0 Å². The molecular weight excluding hydrogens is 158 g/mol. The minimum absolute atomic E-state index is 0.185. The Hall–Kier alpha value is 0.0969. The minimum atomic E-state index is -1.32. The molecule has 3 nitrogen and oxygen atoms in total. The molecule has 0 aliphatic carbocycles. The van der Waals surface area contributed by atoms with Crippen molar-refractivity contribution in [3.63, 3.8) is 0 Å². The van der Waals surface area contributed by atoms with Crippen LogP contribution >= 0.6 is 0 Å². The summed E-state index contributed by atoms with van der Waals surface area (Å²) in [7, 11) is -1.32. The standard InChI is InChI=1S/C7H19NO2Si/c1-11(2,3)8(4-6-9)5-7-10/h9-10H,4-7H2,1-3H3. The summed E-state index contributed by atoms with van der Waals surface area (Å²) >= 11 is 0. The smallest absolute Gasteiger partial charge is 0.119 e. The van der Waals surface area contributed by atoms with Crippen LogP contribution < -0.4 is 0 Å². The van der Waals surface area contributed by atoms with Gasteiger partial charge in [0.25, 0.3) is 0 Å². The molecule has 0 bridgehead atoms. The molecule has 0 unspecified atom stereocenters. The van der Waals surface area contributed by atoms with Crippen LogP contribution in [0.3, 0.4) is 0 Å². The van der Waals surface area contributed by atoms with E-state index in [2.05, 4.69) is 24.2 Å². The van der Waals surface area contributed by atoms with Gasteiger partial charge < -0.3 is 14.8 Å². The predicted molar refractivity (Wildman–Crippen MR) is 49.1 cm³/mol. The summed E-state index contributed by atoms with van der Waals surface area (Å²) in [5.41, 5.74) is 0. The fraction of sp³-hybridized carbons (Fsp3) is 1.00. The lowest BCUT2D eigenvalue weighted by Crippen LogP contribution is -2.48. The number of hydrogen-bond donors (Lipinski definition) is 2. The van der Waals surface area contributed by atoms with Crippen LogP contribution in [0, 0.1) is 0 Å². The summed E-state index contributed by atoms with van der Waals surface area (Å²) in [5, 5.41) is 17.5. The first-order chi connectivity index (χ1) is 5.02. The van der Waals surface area contributed by atoms with E-state index in [1.807, 2.05) is 0 Å². The summed E-state index contributed by atoms with van der Waals surface area (Å²) in [4.78, 5) is 0. The molecule has 0 aromatic heterocycles. The van der Waals surface area contributed by atoms with Gasteiger partial charge in [0, 0.05) is 13.1 Å². The van der Waals surface area contributed by atoms with Crippen molar-refractivity contribution in [3.8, 4) is 0 Å². The zero-order valence-electron chi connectivity index (χ0n) is 7.67. The molecule has 0 heterocycles. The van der Waals surface area contributed by atoms with E-state index in [0.29, 0.717) is 13.1 Å². The molecule has 0 atom stereocenters.